The molecule has 3 heterocycles. The van der Waals surface area contributed by atoms with Crippen molar-refractivity contribution in [3.8, 4) is 0 Å². The van der Waals surface area contributed by atoms with E-state index in [0.717, 1.165) is 56.2 Å². The van der Waals surface area contributed by atoms with E-state index in [1.165, 1.54) is 12.8 Å². The van der Waals surface area contributed by atoms with Crippen molar-refractivity contribution in [1.82, 2.24) is 20.2 Å². The minimum Gasteiger partial charge on any atom is -0.342 e. The van der Waals surface area contributed by atoms with Gasteiger partial charge in [-0.15, -0.1) is 0 Å². The van der Waals surface area contributed by atoms with Crippen LogP contribution in [0.4, 0.5) is 0 Å². The average molecular weight is 302 g/mol. The van der Waals surface area contributed by atoms with Gasteiger partial charge in [-0.25, -0.2) is 9.97 Å². The lowest BCUT2D eigenvalue weighted by Gasteiger charge is -2.45. The second-order valence-corrected chi connectivity index (χ2v) is 6.88. The number of aromatic nitrogens is 2. The second-order valence-electron chi connectivity index (χ2n) is 6.88. The number of aryl methyl sites for hydroxylation is 2. The van der Waals surface area contributed by atoms with Crippen molar-refractivity contribution in [2.45, 2.75) is 46.0 Å². The first kappa shape index (κ1) is 15.4. The molecule has 1 spiro atoms. The molecule has 3 rings (SSSR count). The fourth-order valence-electron chi connectivity index (χ4n) is 3.82. The molecule has 120 valence electrons. The maximum absolute atomic E-state index is 12.2. The van der Waals surface area contributed by atoms with Gasteiger partial charge in [0.1, 0.15) is 5.82 Å². The van der Waals surface area contributed by atoms with Crippen molar-refractivity contribution in [3.05, 3.63) is 23.3 Å². The maximum Gasteiger partial charge on any atom is 0.222 e. The number of carbonyl (C=O) groups is 1. The van der Waals surface area contributed by atoms with Crippen LogP contribution >= 0.6 is 0 Å². The molecule has 0 radical (unpaired) electrons. The van der Waals surface area contributed by atoms with Crippen LogP contribution in [0.2, 0.25) is 0 Å². The summed E-state index contributed by atoms with van der Waals surface area (Å²) in [5.41, 5.74) is 2.35. The van der Waals surface area contributed by atoms with E-state index in [1.54, 1.807) is 0 Å². The zero-order chi connectivity index (χ0) is 15.6. The SMILES string of the molecule is Cc1cc(C)nc(CCN2CC3(CCNCC3)CCC2=O)n1. The predicted molar refractivity (Wildman–Crippen MR) is 85.6 cm³/mol. The van der Waals surface area contributed by atoms with E-state index in [-0.39, 0.29) is 0 Å². The largest absolute Gasteiger partial charge is 0.342 e. The van der Waals surface area contributed by atoms with E-state index >= 15 is 0 Å². The number of hydrogen-bond donors (Lipinski definition) is 1. The lowest BCUT2D eigenvalue weighted by Crippen LogP contribution is -2.51. The first-order chi connectivity index (χ1) is 10.6. The van der Waals surface area contributed by atoms with Gasteiger partial charge in [0.15, 0.2) is 0 Å². The van der Waals surface area contributed by atoms with E-state index in [4.69, 9.17) is 0 Å². The van der Waals surface area contributed by atoms with Gasteiger partial charge in [0.2, 0.25) is 5.91 Å². The lowest BCUT2D eigenvalue weighted by molar-refractivity contribution is -0.138. The highest BCUT2D eigenvalue weighted by Crippen LogP contribution is 2.38. The van der Waals surface area contributed by atoms with E-state index < -0.39 is 0 Å². The van der Waals surface area contributed by atoms with Crippen LogP contribution in [0.1, 0.15) is 42.9 Å². The molecule has 0 aromatic carbocycles. The van der Waals surface area contributed by atoms with Crippen molar-refractivity contribution in [2.24, 2.45) is 5.41 Å². The van der Waals surface area contributed by atoms with Gasteiger partial charge in [0.05, 0.1) is 0 Å². The Labute approximate surface area is 132 Å². The van der Waals surface area contributed by atoms with Gasteiger partial charge in [-0.3, -0.25) is 4.79 Å². The molecule has 0 bridgehead atoms. The lowest BCUT2D eigenvalue weighted by atomic mass is 9.72. The summed E-state index contributed by atoms with van der Waals surface area (Å²) in [6.07, 6.45) is 4.90. The molecule has 2 fully saturated rings. The summed E-state index contributed by atoms with van der Waals surface area (Å²) in [6.45, 7) is 7.82. The molecular formula is C17H26N4O. The Balaban J connectivity index is 1.64. The summed E-state index contributed by atoms with van der Waals surface area (Å²) in [6, 6.07) is 1.99. The van der Waals surface area contributed by atoms with Crippen LogP contribution in [0.15, 0.2) is 6.07 Å². The molecule has 1 amide bonds. The van der Waals surface area contributed by atoms with Gasteiger partial charge in [-0.05, 0) is 57.7 Å². The van der Waals surface area contributed by atoms with Gasteiger partial charge in [-0.2, -0.15) is 0 Å². The number of nitrogens with one attached hydrogen (secondary N) is 1. The van der Waals surface area contributed by atoms with Gasteiger partial charge in [0, 0.05) is 37.3 Å². The monoisotopic (exact) mass is 302 g/mol. The maximum atomic E-state index is 12.2. The number of amides is 1. The van der Waals surface area contributed by atoms with Crippen LogP contribution in [0.25, 0.3) is 0 Å². The summed E-state index contributed by atoms with van der Waals surface area (Å²) < 4.78 is 0. The van der Waals surface area contributed by atoms with Crippen molar-refractivity contribution >= 4 is 5.91 Å². The molecule has 0 aliphatic carbocycles. The number of piperidine rings is 2. The van der Waals surface area contributed by atoms with Crippen LogP contribution < -0.4 is 5.32 Å². The van der Waals surface area contributed by atoms with Crippen molar-refractivity contribution < 1.29 is 4.79 Å². The fraction of sp³-hybridized carbons (Fsp3) is 0.706. The van der Waals surface area contributed by atoms with Crippen LogP contribution in [0.3, 0.4) is 0 Å². The molecule has 5 heteroatoms. The van der Waals surface area contributed by atoms with Gasteiger partial charge < -0.3 is 10.2 Å². The van der Waals surface area contributed by atoms with Gasteiger partial charge in [0.25, 0.3) is 0 Å². The summed E-state index contributed by atoms with van der Waals surface area (Å²) >= 11 is 0. The van der Waals surface area contributed by atoms with Gasteiger partial charge >= 0.3 is 0 Å². The molecular weight excluding hydrogens is 276 g/mol. The molecule has 0 saturated carbocycles. The quantitative estimate of drug-likeness (QED) is 0.922. The topological polar surface area (TPSA) is 58.1 Å². The molecule has 0 unspecified atom stereocenters. The molecule has 2 saturated heterocycles. The van der Waals surface area contributed by atoms with E-state index in [9.17, 15) is 4.79 Å². The van der Waals surface area contributed by atoms with Crippen molar-refractivity contribution in [2.75, 3.05) is 26.2 Å². The normalized spacial score (nSPS) is 21.4. The van der Waals surface area contributed by atoms with Crippen LogP contribution in [0, 0.1) is 19.3 Å². The zero-order valence-electron chi connectivity index (χ0n) is 13.7. The standard InChI is InChI=1S/C17H26N4O/c1-13-11-14(2)20-15(19-13)4-10-21-12-17(5-3-16(21)22)6-8-18-9-7-17/h11,18H,3-10,12H2,1-2H3. The third-order valence-electron chi connectivity index (χ3n) is 5.05. The number of hydrogen-bond acceptors (Lipinski definition) is 4. The third kappa shape index (κ3) is 3.46. The van der Waals surface area contributed by atoms with Gasteiger partial charge in [-0.1, -0.05) is 0 Å². The highest BCUT2D eigenvalue weighted by Gasteiger charge is 2.39. The zero-order valence-corrected chi connectivity index (χ0v) is 13.7. The number of likely N-dealkylation sites (tertiary alicyclic amines) is 1. The molecule has 22 heavy (non-hydrogen) atoms. The number of carbonyl (C=O) groups excluding carboxylic acids is 1. The second kappa shape index (κ2) is 6.32. The highest BCUT2D eigenvalue weighted by molar-refractivity contribution is 5.77. The van der Waals surface area contributed by atoms with E-state index in [2.05, 4.69) is 20.2 Å². The van der Waals surface area contributed by atoms with Crippen molar-refractivity contribution in [1.29, 1.82) is 0 Å². The third-order valence-corrected chi connectivity index (χ3v) is 5.05. The van der Waals surface area contributed by atoms with Crippen LogP contribution in [-0.2, 0) is 11.2 Å². The average Bonchev–Trinajstić information content (AvgIpc) is 2.48. The Kier molecular flexibility index (Phi) is 4.43. The molecule has 2 aliphatic heterocycles. The number of rotatable bonds is 3. The summed E-state index contributed by atoms with van der Waals surface area (Å²) in [5.74, 6) is 1.16. The molecule has 0 atom stereocenters. The summed E-state index contributed by atoms with van der Waals surface area (Å²) in [7, 11) is 0. The Morgan fingerprint density at radius 3 is 2.55 bits per heavy atom. The van der Waals surface area contributed by atoms with E-state index in [0.29, 0.717) is 17.7 Å². The van der Waals surface area contributed by atoms with E-state index in [1.807, 2.05) is 19.9 Å². The molecule has 5 nitrogen and oxygen atoms in total. The summed E-state index contributed by atoms with van der Waals surface area (Å²) in [4.78, 5) is 23.3. The highest BCUT2D eigenvalue weighted by atomic mass is 16.2. The minimum atomic E-state index is 0.300. The van der Waals surface area contributed by atoms with Crippen LogP contribution in [-0.4, -0.2) is 47.0 Å². The minimum absolute atomic E-state index is 0.300. The molecule has 2 aliphatic rings. The first-order valence-electron chi connectivity index (χ1n) is 8.36. The molecule has 1 N–H and O–H groups in total. The predicted octanol–water partition coefficient (Wildman–Crippen LogP) is 1.63. The number of nitrogens with zero attached hydrogens (tertiary/aromatic N) is 3. The Morgan fingerprint density at radius 2 is 1.86 bits per heavy atom. The Bertz CT molecular complexity index is 531. The Hall–Kier alpha value is -1.49. The molecule has 1 aromatic heterocycles. The van der Waals surface area contributed by atoms with Crippen LogP contribution in [0.5, 0.6) is 0 Å². The van der Waals surface area contributed by atoms with Crippen molar-refractivity contribution in [3.63, 3.8) is 0 Å². The Morgan fingerprint density at radius 1 is 1.18 bits per heavy atom. The first-order valence-corrected chi connectivity index (χ1v) is 8.36. The smallest absolute Gasteiger partial charge is 0.222 e. The molecule has 1 aromatic rings. The fourth-order valence-corrected chi connectivity index (χ4v) is 3.82. The summed E-state index contributed by atoms with van der Waals surface area (Å²) in [5, 5.41) is 3.43.